The van der Waals surface area contributed by atoms with E-state index in [2.05, 4.69) is 28.4 Å². The lowest BCUT2D eigenvalue weighted by Crippen LogP contribution is -2.43. The van der Waals surface area contributed by atoms with Gasteiger partial charge in [0.05, 0.1) is 19.3 Å². The molecule has 1 saturated heterocycles. The molecule has 6 nitrogen and oxygen atoms in total. The molecule has 2 aliphatic heterocycles. The summed E-state index contributed by atoms with van der Waals surface area (Å²) in [5.41, 5.74) is 2.30. The van der Waals surface area contributed by atoms with E-state index in [0.29, 0.717) is 26.2 Å². The minimum Gasteiger partial charge on any atom is -0.454 e. The van der Waals surface area contributed by atoms with Crippen molar-refractivity contribution in [3.8, 4) is 11.5 Å². The number of nitrogens with one attached hydrogen (secondary N) is 1. The van der Waals surface area contributed by atoms with E-state index < -0.39 is 0 Å². The molecule has 0 spiro atoms. The molecule has 29 heavy (non-hydrogen) atoms. The molecule has 0 radical (unpaired) electrons. The van der Waals surface area contributed by atoms with Gasteiger partial charge in [0.25, 0.3) is 0 Å². The van der Waals surface area contributed by atoms with Gasteiger partial charge in [0, 0.05) is 26.1 Å². The van der Waals surface area contributed by atoms with Crippen molar-refractivity contribution >= 4 is 18.3 Å². The van der Waals surface area contributed by atoms with Crippen LogP contribution in [0.5, 0.6) is 11.5 Å². The minimum absolute atomic E-state index is 0. The lowest BCUT2D eigenvalue weighted by atomic mass is 10.0. The summed E-state index contributed by atoms with van der Waals surface area (Å²) in [7, 11) is 0. The second-order valence-electron chi connectivity index (χ2n) is 7.07. The zero-order chi connectivity index (χ0) is 19.2. The summed E-state index contributed by atoms with van der Waals surface area (Å²) in [6.45, 7) is 3.94. The van der Waals surface area contributed by atoms with E-state index in [1.165, 1.54) is 5.56 Å². The standard InChI is InChI=1S/C22H26N2O4.ClH/c25-22(9-6-17-4-2-1-3-5-17)23-15-19(24-10-12-26-13-11-24)18-7-8-20-21(14-18)28-16-27-20;/h1-5,7-8,14,19H,6,9-13,15-16H2,(H,23,25);1H. The van der Waals surface area contributed by atoms with Crippen LogP contribution in [0.2, 0.25) is 0 Å². The zero-order valence-corrected chi connectivity index (χ0v) is 17.2. The maximum absolute atomic E-state index is 12.4. The van der Waals surface area contributed by atoms with Gasteiger partial charge in [0.2, 0.25) is 12.7 Å². The van der Waals surface area contributed by atoms with E-state index in [-0.39, 0.29) is 31.1 Å². The Bertz CT molecular complexity index is 797. The molecule has 0 aliphatic carbocycles. The van der Waals surface area contributed by atoms with Crippen molar-refractivity contribution in [3.63, 3.8) is 0 Å². The van der Waals surface area contributed by atoms with Crippen LogP contribution in [-0.4, -0.2) is 50.4 Å². The van der Waals surface area contributed by atoms with Gasteiger partial charge in [-0.15, -0.1) is 12.4 Å². The largest absolute Gasteiger partial charge is 0.454 e. The van der Waals surface area contributed by atoms with Gasteiger partial charge in [-0.3, -0.25) is 9.69 Å². The molecule has 0 aromatic heterocycles. The zero-order valence-electron chi connectivity index (χ0n) is 16.3. The van der Waals surface area contributed by atoms with Gasteiger partial charge in [0.1, 0.15) is 0 Å². The first-order valence-corrected chi connectivity index (χ1v) is 9.81. The van der Waals surface area contributed by atoms with Crippen molar-refractivity contribution in [2.75, 3.05) is 39.6 Å². The molecule has 1 fully saturated rings. The van der Waals surface area contributed by atoms with Crippen LogP contribution >= 0.6 is 12.4 Å². The first-order valence-electron chi connectivity index (χ1n) is 9.81. The van der Waals surface area contributed by atoms with Crippen molar-refractivity contribution < 1.29 is 19.0 Å². The lowest BCUT2D eigenvalue weighted by Gasteiger charge is -2.35. The molecule has 156 valence electrons. The third-order valence-corrected chi connectivity index (χ3v) is 5.24. The second-order valence-corrected chi connectivity index (χ2v) is 7.07. The molecule has 2 aromatic rings. The number of fused-ring (bicyclic) bond motifs is 1. The molecular formula is C22H27ClN2O4. The molecule has 1 unspecified atom stereocenters. The third kappa shape index (κ3) is 5.63. The average molecular weight is 419 g/mol. The normalized spacial score (nSPS) is 16.7. The fourth-order valence-electron chi connectivity index (χ4n) is 3.67. The highest BCUT2D eigenvalue weighted by atomic mass is 35.5. The first-order chi connectivity index (χ1) is 13.8. The van der Waals surface area contributed by atoms with E-state index in [1.54, 1.807) is 0 Å². The molecule has 1 atom stereocenters. The van der Waals surface area contributed by atoms with Crippen LogP contribution in [0.1, 0.15) is 23.6 Å². The number of carbonyl (C=O) groups excluding carboxylic acids is 1. The summed E-state index contributed by atoms with van der Waals surface area (Å²) in [5, 5.41) is 3.12. The molecule has 4 rings (SSSR count). The quantitative estimate of drug-likeness (QED) is 0.749. The number of carbonyl (C=O) groups is 1. The monoisotopic (exact) mass is 418 g/mol. The maximum Gasteiger partial charge on any atom is 0.231 e. The molecule has 1 N–H and O–H groups in total. The maximum atomic E-state index is 12.4. The number of amides is 1. The summed E-state index contributed by atoms with van der Waals surface area (Å²) >= 11 is 0. The molecule has 0 saturated carbocycles. The van der Waals surface area contributed by atoms with Gasteiger partial charge in [-0.05, 0) is 29.7 Å². The Balaban J connectivity index is 0.00000240. The van der Waals surface area contributed by atoms with E-state index in [0.717, 1.165) is 36.6 Å². The van der Waals surface area contributed by atoms with Gasteiger partial charge < -0.3 is 19.5 Å². The number of hydrogen-bond acceptors (Lipinski definition) is 5. The molecule has 2 heterocycles. The summed E-state index contributed by atoms with van der Waals surface area (Å²) in [5.74, 6) is 1.62. The van der Waals surface area contributed by atoms with Gasteiger partial charge in [-0.1, -0.05) is 36.4 Å². The number of halogens is 1. The molecular weight excluding hydrogens is 392 g/mol. The molecule has 2 aliphatic rings. The van der Waals surface area contributed by atoms with Gasteiger partial charge in [-0.2, -0.15) is 0 Å². The average Bonchev–Trinajstić information content (AvgIpc) is 3.22. The van der Waals surface area contributed by atoms with Gasteiger partial charge in [0.15, 0.2) is 11.5 Å². The summed E-state index contributed by atoms with van der Waals surface area (Å²) < 4.78 is 16.5. The highest BCUT2D eigenvalue weighted by molar-refractivity contribution is 5.85. The Morgan fingerprint density at radius 3 is 2.59 bits per heavy atom. The van der Waals surface area contributed by atoms with E-state index in [4.69, 9.17) is 14.2 Å². The van der Waals surface area contributed by atoms with Crippen molar-refractivity contribution in [3.05, 3.63) is 59.7 Å². The van der Waals surface area contributed by atoms with Crippen LogP contribution in [0.4, 0.5) is 0 Å². The van der Waals surface area contributed by atoms with Crippen molar-refractivity contribution in [2.45, 2.75) is 18.9 Å². The number of benzene rings is 2. The highest BCUT2D eigenvalue weighted by Gasteiger charge is 2.25. The Morgan fingerprint density at radius 1 is 1.03 bits per heavy atom. The van der Waals surface area contributed by atoms with Gasteiger partial charge in [-0.25, -0.2) is 0 Å². The SMILES string of the molecule is Cl.O=C(CCc1ccccc1)NCC(c1ccc2c(c1)OCO2)N1CCOCC1. The summed E-state index contributed by atoms with van der Waals surface area (Å²) in [6, 6.07) is 16.2. The molecule has 0 bridgehead atoms. The second kappa shape index (κ2) is 10.5. The lowest BCUT2D eigenvalue weighted by molar-refractivity contribution is -0.121. The smallest absolute Gasteiger partial charge is 0.231 e. The minimum atomic E-state index is 0. The molecule has 2 aromatic carbocycles. The first kappa shape index (κ1) is 21.4. The summed E-state index contributed by atoms with van der Waals surface area (Å²) in [4.78, 5) is 14.8. The topological polar surface area (TPSA) is 60.0 Å². The van der Waals surface area contributed by atoms with Crippen molar-refractivity contribution in [1.29, 1.82) is 0 Å². The molecule has 1 amide bonds. The summed E-state index contributed by atoms with van der Waals surface area (Å²) in [6.07, 6.45) is 1.24. The highest BCUT2D eigenvalue weighted by Crippen LogP contribution is 2.35. The predicted molar refractivity (Wildman–Crippen MR) is 113 cm³/mol. The third-order valence-electron chi connectivity index (χ3n) is 5.24. The van der Waals surface area contributed by atoms with Crippen LogP contribution < -0.4 is 14.8 Å². The van der Waals surface area contributed by atoms with E-state index in [9.17, 15) is 4.79 Å². The van der Waals surface area contributed by atoms with Crippen LogP contribution in [0.25, 0.3) is 0 Å². The number of aryl methyl sites for hydroxylation is 1. The van der Waals surface area contributed by atoms with E-state index in [1.807, 2.05) is 30.3 Å². The predicted octanol–water partition coefficient (Wildman–Crippen LogP) is 2.96. The Kier molecular flexibility index (Phi) is 7.75. The van der Waals surface area contributed by atoms with Crippen molar-refractivity contribution in [1.82, 2.24) is 10.2 Å². The van der Waals surface area contributed by atoms with Gasteiger partial charge >= 0.3 is 0 Å². The van der Waals surface area contributed by atoms with Crippen LogP contribution in [0.3, 0.4) is 0 Å². The van der Waals surface area contributed by atoms with Crippen LogP contribution in [0.15, 0.2) is 48.5 Å². The Hall–Kier alpha value is -2.28. The van der Waals surface area contributed by atoms with Crippen LogP contribution in [0, 0.1) is 0 Å². The fourth-order valence-corrected chi connectivity index (χ4v) is 3.67. The van der Waals surface area contributed by atoms with Crippen LogP contribution in [-0.2, 0) is 16.0 Å². The van der Waals surface area contributed by atoms with Crippen molar-refractivity contribution in [2.24, 2.45) is 0 Å². The number of rotatable bonds is 7. The Morgan fingerprint density at radius 2 is 1.79 bits per heavy atom. The van der Waals surface area contributed by atoms with E-state index >= 15 is 0 Å². The number of ether oxygens (including phenoxy) is 3. The fraction of sp³-hybridized carbons (Fsp3) is 0.409. The Labute approximate surface area is 177 Å². The molecule has 7 heteroatoms. The number of nitrogens with zero attached hydrogens (tertiary/aromatic N) is 1. The number of morpholine rings is 1. The number of hydrogen-bond donors (Lipinski definition) is 1.